The minimum atomic E-state index is -0.353. The largest absolute Gasteiger partial charge is 0.497 e. The molecule has 4 aromatic rings. The molecule has 0 spiro atoms. The number of aromatic nitrogens is 4. The van der Waals surface area contributed by atoms with Crippen molar-refractivity contribution in [2.45, 2.75) is 0 Å². The normalized spacial score (nSPS) is 10.3. The van der Waals surface area contributed by atoms with Crippen molar-refractivity contribution in [1.29, 1.82) is 0 Å². The first kappa shape index (κ1) is 18.9. The van der Waals surface area contributed by atoms with Crippen molar-refractivity contribution in [3.05, 3.63) is 79.1 Å². The van der Waals surface area contributed by atoms with Crippen LogP contribution in [0.4, 0.5) is 16.2 Å². The number of urea groups is 1. The fourth-order valence-corrected chi connectivity index (χ4v) is 2.59. The van der Waals surface area contributed by atoms with Crippen molar-refractivity contribution in [2.75, 3.05) is 17.7 Å². The standard InChI is InChI=1S/C21H18N6O3/c1-29-17-7-3-15(4-8-17)23-21(28)24-16-5-9-18(10-6-16)30-20-12-11-19(25-26-20)27-14-2-13-22-27/h2-14H,1H3,(H2,23,24,28). The quantitative estimate of drug-likeness (QED) is 0.503. The van der Waals surface area contributed by atoms with Gasteiger partial charge in [0.05, 0.1) is 7.11 Å². The SMILES string of the molecule is COc1ccc(NC(=O)Nc2ccc(Oc3ccc(-n4cccn4)nn3)cc2)cc1. The van der Waals surface area contributed by atoms with Crippen LogP contribution in [-0.2, 0) is 0 Å². The van der Waals surface area contributed by atoms with Crippen LogP contribution in [0.15, 0.2) is 79.1 Å². The second-order valence-corrected chi connectivity index (χ2v) is 6.11. The zero-order valence-electron chi connectivity index (χ0n) is 16.0. The highest BCUT2D eigenvalue weighted by molar-refractivity contribution is 5.99. The summed E-state index contributed by atoms with van der Waals surface area (Å²) < 4.78 is 12.4. The van der Waals surface area contributed by atoms with E-state index in [-0.39, 0.29) is 6.03 Å². The zero-order valence-corrected chi connectivity index (χ0v) is 16.0. The van der Waals surface area contributed by atoms with Crippen molar-refractivity contribution in [2.24, 2.45) is 0 Å². The van der Waals surface area contributed by atoms with Crippen LogP contribution in [0.2, 0.25) is 0 Å². The molecule has 0 fully saturated rings. The van der Waals surface area contributed by atoms with Crippen molar-refractivity contribution < 1.29 is 14.3 Å². The van der Waals surface area contributed by atoms with Gasteiger partial charge >= 0.3 is 6.03 Å². The van der Waals surface area contributed by atoms with E-state index in [9.17, 15) is 4.79 Å². The van der Waals surface area contributed by atoms with E-state index in [1.807, 2.05) is 0 Å². The van der Waals surface area contributed by atoms with Gasteiger partial charge in [0.15, 0.2) is 5.82 Å². The third-order valence-electron chi connectivity index (χ3n) is 4.05. The van der Waals surface area contributed by atoms with Gasteiger partial charge in [-0.1, -0.05) is 0 Å². The number of benzene rings is 2. The molecule has 150 valence electrons. The van der Waals surface area contributed by atoms with Gasteiger partial charge < -0.3 is 20.1 Å². The van der Waals surface area contributed by atoms with Crippen molar-refractivity contribution in [1.82, 2.24) is 20.0 Å². The lowest BCUT2D eigenvalue weighted by molar-refractivity contribution is 0.262. The molecule has 0 unspecified atom stereocenters. The maximum atomic E-state index is 12.1. The van der Waals surface area contributed by atoms with Gasteiger partial charge in [0.25, 0.3) is 0 Å². The fourth-order valence-electron chi connectivity index (χ4n) is 2.59. The maximum absolute atomic E-state index is 12.1. The van der Waals surface area contributed by atoms with Gasteiger partial charge in [-0.3, -0.25) is 0 Å². The predicted molar refractivity (Wildman–Crippen MR) is 111 cm³/mol. The highest BCUT2D eigenvalue weighted by atomic mass is 16.5. The van der Waals surface area contributed by atoms with Crippen LogP contribution in [0.1, 0.15) is 0 Å². The van der Waals surface area contributed by atoms with Gasteiger partial charge in [0.1, 0.15) is 11.5 Å². The highest BCUT2D eigenvalue weighted by Gasteiger charge is 2.05. The number of anilines is 2. The first-order valence-electron chi connectivity index (χ1n) is 9.03. The predicted octanol–water partition coefficient (Wildman–Crippen LogP) is 4.11. The van der Waals surface area contributed by atoms with Gasteiger partial charge in [-0.25, -0.2) is 9.48 Å². The number of rotatable bonds is 6. The van der Waals surface area contributed by atoms with Gasteiger partial charge in [0.2, 0.25) is 5.88 Å². The van der Waals surface area contributed by atoms with Crippen LogP contribution in [-0.4, -0.2) is 33.1 Å². The summed E-state index contributed by atoms with van der Waals surface area (Å²) in [5.74, 6) is 2.23. The zero-order chi connectivity index (χ0) is 20.8. The molecule has 0 bridgehead atoms. The Bertz CT molecular complexity index is 1100. The van der Waals surface area contributed by atoms with E-state index in [1.165, 1.54) is 0 Å². The van der Waals surface area contributed by atoms with Crippen LogP contribution in [0.3, 0.4) is 0 Å². The summed E-state index contributed by atoms with van der Waals surface area (Å²) in [5.41, 5.74) is 1.28. The van der Waals surface area contributed by atoms with Crippen LogP contribution in [0.25, 0.3) is 5.82 Å². The molecular weight excluding hydrogens is 384 g/mol. The summed E-state index contributed by atoms with van der Waals surface area (Å²) in [6.45, 7) is 0. The molecule has 0 aliphatic carbocycles. The van der Waals surface area contributed by atoms with E-state index >= 15 is 0 Å². The Morgan fingerprint density at radius 1 is 0.867 bits per heavy atom. The number of nitrogens with one attached hydrogen (secondary N) is 2. The molecule has 2 N–H and O–H groups in total. The summed E-state index contributed by atoms with van der Waals surface area (Å²) in [7, 11) is 1.59. The second kappa shape index (κ2) is 8.74. The number of methoxy groups -OCH3 is 1. The lowest BCUT2D eigenvalue weighted by Gasteiger charge is -2.09. The monoisotopic (exact) mass is 402 g/mol. The van der Waals surface area contributed by atoms with Gasteiger partial charge in [-0.2, -0.15) is 5.10 Å². The smallest absolute Gasteiger partial charge is 0.323 e. The molecule has 0 aliphatic rings. The molecule has 0 radical (unpaired) electrons. The molecule has 30 heavy (non-hydrogen) atoms. The molecule has 9 heteroatoms. The van der Waals surface area contributed by atoms with Crippen molar-refractivity contribution in [3.8, 4) is 23.2 Å². The lowest BCUT2D eigenvalue weighted by Crippen LogP contribution is -2.19. The number of carbonyl (C=O) groups is 1. The molecule has 2 heterocycles. The van der Waals surface area contributed by atoms with E-state index in [2.05, 4.69) is 25.9 Å². The van der Waals surface area contributed by atoms with Crippen LogP contribution in [0, 0.1) is 0 Å². The van der Waals surface area contributed by atoms with Gasteiger partial charge in [0, 0.05) is 29.8 Å². The Balaban J connectivity index is 1.32. The van der Waals surface area contributed by atoms with E-state index in [0.717, 1.165) is 5.75 Å². The summed E-state index contributed by atoms with van der Waals surface area (Å²) in [5, 5.41) is 17.7. The number of hydrogen-bond donors (Lipinski definition) is 2. The molecule has 0 atom stereocenters. The Labute approximate surface area is 172 Å². The lowest BCUT2D eigenvalue weighted by atomic mass is 10.3. The minimum absolute atomic E-state index is 0.351. The third-order valence-corrected chi connectivity index (χ3v) is 4.05. The molecule has 0 saturated heterocycles. The molecule has 2 aromatic heterocycles. The third kappa shape index (κ3) is 4.71. The number of carbonyl (C=O) groups excluding carboxylic acids is 1. The van der Waals surface area contributed by atoms with Gasteiger partial charge in [-0.05, 0) is 60.7 Å². The van der Waals surface area contributed by atoms with Crippen molar-refractivity contribution in [3.63, 3.8) is 0 Å². The number of amides is 2. The summed E-state index contributed by atoms with van der Waals surface area (Å²) in [4.78, 5) is 12.1. The average molecular weight is 402 g/mol. The van der Waals surface area contributed by atoms with E-state index in [1.54, 1.807) is 90.9 Å². The Hall–Kier alpha value is -4.40. The molecule has 2 aromatic carbocycles. The fraction of sp³-hybridized carbons (Fsp3) is 0.0476. The molecule has 0 aliphatic heterocycles. The van der Waals surface area contributed by atoms with Crippen LogP contribution in [0.5, 0.6) is 17.4 Å². The molecule has 4 rings (SSSR count). The summed E-state index contributed by atoms with van der Waals surface area (Å²) >= 11 is 0. The molecule has 9 nitrogen and oxygen atoms in total. The van der Waals surface area contributed by atoms with Crippen LogP contribution < -0.4 is 20.1 Å². The second-order valence-electron chi connectivity index (χ2n) is 6.11. The van der Waals surface area contributed by atoms with E-state index < -0.39 is 0 Å². The Morgan fingerprint density at radius 3 is 2.07 bits per heavy atom. The first-order valence-corrected chi connectivity index (χ1v) is 9.03. The maximum Gasteiger partial charge on any atom is 0.323 e. The highest BCUT2D eigenvalue weighted by Crippen LogP contribution is 2.22. The van der Waals surface area contributed by atoms with Crippen LogP contribution >= 0.6 is 0 Å². The molecular formula is C21H18N6O3. The van der Waals surface area contributed by atoms with E-state index in [4.69, 9.17) is 9.47 Å². The van der Waals surface area contributed by atoms with Gasteiger partial charge in [-0.15, -0.1) is 10.2 Å². The number of nitrogens with zero attached hydrogens (tertiary/aromatic N) is 4. The number of ether oxygens (including phenoxy) is 2. The minimum Gasteiger partial charge on any atom is -0.497 e. The Kier molecular flexibility index (Phi) is 5.52. The average Bonchev–Trinajstić information content (AvgIpc) is 3.31. The molecule has 2 amide bonds. The number of hydrogen-bond acceptors (Lipinski definition) is 6. The summed E-state index contributed by atoms with van der Waals surface area (Å²) in [6, 6.07) is 18.9. The Morgan fingerprint density at radius 2 is 1.53 bits per heavy atom. The summed E-state index contributed by atoms with van der Waals surface area (Å²) in [6.07, 6.45) is 3.44. The van der Waals surface area contributed by atoms with Crippen molar-refractivity contribution >= 4 is 17.4 Å². The molecule has 0 saturated carbocycles. The van der Waals surface area contributed by atoms with E-state index in [0.29, 0.717) is 28.8 Å². The topological polar surface area (TPSA) is 103 Å². The first-order chi connectivity index (χ1) is 14.7.